The molecule has 5 heteroatoms. The first-order chi connectivity index (χ1) is 8.77. The van der Waals surface area contributed by atoms with E-state index in [-0.39, 0.29) is 18.3 Å². The van der Waals surface area contributed by atoms with E-state index in [1.165, 1.54) is 10.5 Å². The summed E-state index contributed by atoms with van der Waals surface area (Å²) in [5.74, 6) is 1.27. The number of piperazine rings is 1. The lowest BCUT2D eigenvalue weighted by molar-refractivity contribution is -0.135. The smallest absolute Gasteiger partial charge is 0.231 e. The lowest BCUT2D eigenvalue weighted by atomic mass is 9.98. The zero-order valence-electron chi connectivity index (χ0n) is 11.0. The van der Waals surface area contributed by atoms with Gasteiger partial charge in [0.05, 0.1) is 5.92 Å². The van der Waals surface area contributed by atoms with Crippen molar-refractivity contribution in [3.63, 3.8) is 0 Å². The van der Waals surface area contributed by atoms with Crippen LogP contribution in [0.25, 0.3) is 0 Å². The normalized spacial score (nSPS) is 25.6. The Morgan fingerprint density at radius 3 is 3.00 bits per heavy atom. The number of hydrogen-bond acceptors (Lipinski definition) is 3. The van der Waals surface area contributed by atoms with E-state index in [0.29, 0.717) is 11.9 Å². The summed E-state index contributed by atoms with van der Waals surface area (Å²) in [6, 6.07) is 8.61. The van der Waals surface area contributed by atoms with Gasteiger partial charge in [0.2, 0.25) is 5.91 Å². The molecule has 1 N–H and O–H groups in total. The van der Waals surface area contributed by atoms with Gasteiger partial charge in [-0.3, -0.25) is 4.79 Å². The van der Waals surface area contributed by atoms with Crippen molar-refractivity contribution in [2.24, 2.45) is 0 Å². The van der Waals surface area contributed by atoms with Gasteiger partial charge < -0.3 is 10.2 Å². The van der Waals surface area contributed by atoms with E-state index < -0.39 is 0 Å². The average molecular weight is 299 g/mol. The van der Waals surface area contributed by atoms with E-state index in [0.717, 1.165) is 25.4 Å². The predicted molar refractivity (Wildman–Crippen MR) is 81.2 cm³/mol. The average Bonchev–Trinajstić information content (AvgIpc) is 2.82. The van der Waals surface area contributed by atoms with Crippen molar-refractivity contribution in [3.8, 4) is 0 Å². The van der Waals surface area contributed by atoms with Gasteiger partial charge in [-0.25, -0.2) is 0 Å². The van der Waals surface area contributed by atoms with Crippen molar-refractivity contribution >= 4 is 30.1 Å². The van der Waals surface area contributed by atoms with E-state index >= 15 is 0 Å². The molecule has 1 fully saturated rings. The van der Waals surface area contributed by atoms with Gasteiger partial charge in [0, 0.05) is 36.3 Å². The summed E-state index contributed by atoms with van der Waals surface area (Å²) in [5.41, 5.74) is 1.22. The summed E-state index contributed by atoms with van der Waals surface area (Å²) < 4.78 is 0. The van der Waals surface area contributed by atoms with Gasteiger partial charge in [-0.2, -0.15) is 0 Å². The lowest BCUT2D eigenvalue weighted by Crippen LogP contribution is -2.53. The van der Waals surface area contributed by atoms with Crippen molar-refractivity contribution in [3.05, 3.63) is 29.8 Å². The molecule has 2 aliphatic heterocycles. The largest absolute Gasteiger partial charge is 0.337 e. The number of rotatable bonds is 1. The number of nitrogens with one attached hydrogen (secondary N) is 1. The minimum atomic E-state index is 0. The lowest BCUT2D eigenvalue weighted by Gasteiger charge is -2.35. The second-order valence-corrected chi connectivity index (χ2v) is 6.05. The molecule has 1 amide bonds. The number of thioether (sulfide) groups is 1. The summed E-state index contributed by atoms with van der Waals surface area (Å²) in [4.78, 5) is 16.0. The third-order valence-corrected chi connectivity index (χ3v) is 4.97. The minimum Gasteiger partial charge on any atom is -0.337 e. The maximum atomic E-state index is 12.7. The molecule has 0 spiro atoms. The predicted octanol–water partition coefficient (Wildman–Crippen LogP) is 2.12. The molecule has 2 aliphatic rings. The summed E-state index contributed by atoms with van der Waals surface area (Å²) in [6.07, 6.45) is 0. The molecule has 0 aliphatic carbocycles. The van der Waals surface area contributed by atoms with Crippen LogP contribution in [0.5, 0.6) is 0 Å². The molecule has 0 aromatic heterocycles. The number of hydrogen-bond donors (Lipinski definition) is 1. The van der Waals surface area contributed by atoms with Crippen LogP contribution in [0.2, 0.25) is 0 Å². The number of amides is 1. The van der Waals surface area contributed by atoms with Crippen molar-refractivity contribution < 1.29 is 4.79 Å². The molecule has 2 heterocycles. The fraction of sp³-hybridized carbons (Fsp3) is 0.500. The van der Waals surface area contributed by atoms with Gasteiger partial charge in [0.25, 0.3) is 0 Å². The van der Waals surface area contributed by atoms with Crippen LogP contribution in [0.3, 0.4) is 0 Å². The molecule has 19 heavy (non-hydrogen) atoms. The van der Waals surface area contributed by atoms with Gasteiger partial charge in [0.1, 0.15) is 0 Å². The van der Waals surface area contributed by atoms with Crippen molar-refractivity contribution in [1.82, 2.24) is 10.2 Å². The number of halogens is 1. The molecule has 0 radical (unpaired) electrons. The molecular weight excluding hydrogens is 280 g/mol. The molecule has 1 saturated heterocycles. The highest BCUT2D eigenvalue weighted by Crippen LogP contribution is 2.40. The summed E-state index contributed by atoms with van der Waals surface area (Å²) >= 11 is 1.81. The zero-order valence-corrected chi connectivity index (χ0v) is 12.6. The monoisotopic (exact) mass is 298 g/mol. The van der Waals surface area contributed by atoms with E-state index in [4.69, 9.17) is 0 Å². The molecular formula is C14H19ClN2OS. The Bertz CT molecular complexity index is 469. The highest BCUT2D eigenvalue weighted by molar-refractivity contribution is 7.99. The van der Waals surface area contributed by atoms with Crippen LogP contribution in [0.4, 0.5) is 0 Å². The first kappa shape index (κ1) is 14.7. The second-order valence-electron chi connectivity index (χ2n) is 4.99. The number of nitrogens with zero attached hydrogens (tertiary/aromatic N) is 1. The molecule has 1 aromatic rings. The summed E-state index contributed by atoms with van der Waals surface area (Å²) in [6.45, 7) is 4.78. The molecule has 1 unspecified atom stereocenters. The Hall–Kier alpha value is -0.710. The van der Waals surface area contributed by atoms with Crippen molar-refractivity contribution in [2.75, 3.05) is 25.4 Å². The Kier molecular flexibility index (Phi) is 4.76. The third kappa shape index (κ3) is 2.76. The first-order valence-electron chi connectivity index (χ1n) is 6.50. The molecule has 3 nitrogen and oxygen atoms in total. The van der Waals surface area contributed by atoms with Crippen LogP contribution in [0.1, 0.15) is 18.4 Å². The van der Waals surface area contributed by atoms with Crippen LogP contribution in [0.15, 0.2) is 29.2 Å². The fourth-order valence-corrected chi connectivity index (χ4v) is 3.96. The van der Waals surface area contributed by atoms with Crippen LogP contribution in [0, 0.1) is 0 Å². The van der Waals surface area contributed by atoms with Crippen LogP contribution in [-0.4, -0.2) is 42.2 Å². The summed E-state index contributed by atoms with van der Waals surface area (Å²) in [7, 11) is 0. The Balaban J connectivity index is 0.00000133. The number of benzene rings is 1. The van der Waals surface area contributed by atoms with Gasteiger partial charge in [-0.15, -0.1) is 24.2 Å². The van der Waals surface area contributed by atoms with Crippen LogP contribution in [-0.2, 0) is 4.79 Å². The topological polar surface area (TPSA) is 32.3 Å². The van der Waals surface area contributed by atoms with Crippen LogP contribution >= 0.6 is 24.2 Å². The maximum Gasteiger partial charge on any atom is 0.231 e. The number of carbonyl (C=O) groups is 1. The zero-order chi connectivity index (χ0) is 12.5. The molecule has 0 bridgehead atoms. The van der Waals surface area contributed by atoms with Gasteiger partial charge >= 0.3 is 0 Å². The van der Waals surface area contributed by atoms with Gasteiger partial charge in [0.15, 0.2) is 0 Å². The Morgan fingerprint density at radius 2 is 2.21 bits per heavy atom. The second kappa shape index (κ2) is 6.16. The van der Waals surface area contributed by atoms with Crippen LogP contribution < -0.4 is 5.32 Å². The van der Waals surface area contributed by atoms with E-state index in [1.54, 1.807) is 11.8 Å². The van der Waals surface area contributed by atoms with Gasteiger partial charge in [-0.05, 0) is 18.6 Å². The molecule has 104 valence electrons. The molecule has 0 saturated carbocycles. The van der Waals surface area contributed by atoms with Crippen molar-refractivity contribution in [2.45, 2.75) is 23.8 Å². The number of carbonyl (C=O) groups excluding carboxylic acids is 1. The van der Waals surface area contributed by atoms with Crippen molar-refractivity contribution in [1.29, 1.82) is 0 Å². The highest BCUT2D eigenvalue weighted by atomic mass is 35.5. The minimum absolute atomic E-state index is 0. The maximum absolute atomic E-state index is 12.7. The fourth-order valence-electron chi connectivity index (χ4n) is 2.74. The summed E-state index contributed by atoms with van der Waals surface area (Å²) in [5, 5.41) is 3.33. The van der Waals surface area contributed by atoms with E-state index in [1.807, 2.05) is 17.0 Å². The van der Waals surface area contributed by atoms with E-state index in [2.05, 4.69) is 24.4 Å². The SMILES string of the molecule is C[C@H]1CNCCN1C(=O)C1CSc2ccccc21.Cl. The van der Waals surface area contributed by atoms with E-state index in [9.17, 15) is 4.79 Å². The molecule has 1 aromatic carbocycles. The Morgan fingerprint density at radius 1 is 1.42 bits per heavy atom. The van der Waals surface area contributed by atoms with Gasteiger partial charge in [-0.1, -0.05) is 18.2 Å². The first-order valence-corrected chi connectivity index (χ1v) is 7.49. The standard InChI is InChI=1S/C14H18N2OS.ClH/c1-10-8-15-6-7-16(10)14(17)12-9-18-13-5-3-2-4-11(12)13;/h2-5,10,12,15H,6-9H2,1H3;1H/t10-,12?;/m0./s1. The third-order valence-electron chi connectivity index (χ3n) is 3.78. The highest BCUT2D eigenvalue weighted by Gasteiger charge is 2.34. The quantitative estimate of drug-likeness (QED) is 0.862. The molecule has 2 atom stereocenters. The molecule has 3 rings (SSSR count). The Labute approximate surface area is 124 Å². The number of fused-ring (bicyclic) bond motifs is 1.